The molecule has 0 aromatic heterocycles. The molecule has 1 aromatic rings. The van der Waals surface area contributed by atoms with Crippen LogP contribution in [0.5, 0.6) is 5.75 Å². The molecular weight excluding hydrogens is 249 g/mol. The normalized spacial score (nSPS) is 14.0. The first kappa shape index (κ1) is 15.5. The van der Waals surface area contributed by atoms with Crippen LogP contribution in [0.15, 0.2) is 18.2 Å². The monoisotopic (exact) mass is 265 g/mol. The molecule has 0 unspecified atom stereocenters. The maximum Gasteiger partial charge on any atom is 0.120 e. The zero-order valence-electron chi connectivity index (χ0n) is 9.06. The maximum absolute atomic E-state index is 9.71. The number of rotatable bonds is 4. The Morgan fingerprint density at radius 1 is 1.44 bits per heavy atom. The van der Waals surface area contributed by atoms with Crippen molar-refractivity contribution in [2.24, 2.45) is 5.73 Å². The Hall–Kier alpha value is -0.480. The zero-order chi connectivity index (χ0) is 11.4. The average Bonchev–Trinajstić information content (AvgIpc) is 2.21. The second-order valence-electron chi connectivity index (χ2n) is 3.58. The molecule has 0 fully saturated rings. The van der Waals surface area contributed by atoms with Gasteiger partial charge < -0.3 is 15.9 Å². The molecule has 2 atom stereocenters. The Bertz CT molecular complexity index is 334. The van der Waals surface area contributed by atoms with Crippen LogP contribution < -0.4 is 5.73 Å². The van der Waals surface area contributed by atoms with Gasteiger partial charge in [-0.1, -0.05) is 24.9 Å². The molecule has 92 valence electrons. The largest absolute Gasteiger partial charge is 0.508 e. The van der Waals surface area contributed by atoms with E-state index in [9.17, 15) is 10.2 Å². The summed E-state index contributed by atoms with van der Waals surface area (Å²) in [6.45, 7) is 1.97. The lowest BCUT2D eigenvalue weighted by Crippen LogP contribution is -2.26. The van der Waals surface area contributed by atoms with Crippen LogP contribution in [0.4, 0.5) is 0 Å². The summed E-state index contributed by atoms with van der Waals surface area (Å²) in [5.41, 5.74) is 6.31. The molecule has 5 heteroatoms. The fourth-order valence-electron chi connectivity index (χ4n) is 1.47. The molecule has 0 spiro atoms. The van der Waals surface area contributed by atoms with Crippen molar-refractivity contribution in [1.82, 2.24) is 0 Å². The number of aromatic hydroxyl groups is 1. The predicted octanol–water partition coefficient (Wildman–Crippen LogP) is 2.63. The lowest BCUT2D eigenvalue weighted by molar-refractivity contribution is 0.133. The first-order chi connectivity index (χ1) is 7.06. The highest BCUT2D eigenvalue weighted by Crippen LogP contribution is 2.28. The van der Waals surface area contributed by atoms with Crippen LogP contribution in [0.1, 0.15) is 31.4 Å². The molecule has 1 aromatic carbocycles. The van der Waals surface area contributed by atoms with Crippen molar-refractivity contribution in [2.75, 3.05) is 0 Å². The van der Waals surface area contributed by atoms with Crippen molar-refractivity contribution in [3.63, 3.8) is 0 Å². The van der Waals surface area contributed by atoms with E-state index in [0.717, 1.165) is 6.42 Å². The van der Waals surface area contributed by atoms with E-state index in [2.05, 4.69) is 0 Å². The molecule has 0 saturated heterocycles. The number of nitrogens with two attached hydrogens (primary N) is 1. The van der Waals surface area contributed by atoms with Gasteiger partial charge in [-0.15, -0.1) is 12.4 Å². The van der Waals surface area contributed by atoms with Crippen LogP contribution in [0.3, 0.4) is 0 Å². The van der Waals surface area contributed by atoms with E-state index in [1.165, 1.54) is 6.07 Å². The molecule has 3 nitrogen and oxygen atoms in total. The summed E-state index contributed by atoms with van der Waals surface area (Å²) in [5.74, 6) is 0.0713. The van der Waals surface area contributed by atoms with E-state index in [4.69, 9.17) is 17.3 Å². The van der Waals surface area contributed by atoms with E-state index in [1.54, 1.807) is 12.1 Å². The fourth-order valence-corrected chi connectivity index (χ4v) is 1.66. The van der Waals surface area contributed by atoms with Crippen LogP contribution in [-0.2, 0) is 0 Å². The minimum atomic E-state index is -0.653. The Morgan fingerprint density at radius 3 is 2.62 bits per heavy atom. The summed E-state index contributed by atoms with van der Waals surface area (Å²) in [6, 6.07) is 4.05. The van der Waals surface area contributed by atoms with E-state index in [-0.39, 0.29) is 18.2 Å². The van der Waals surface area contributed by atoms with E-state index >= 15 is 0 Å². The molecule has 4 N–H and O–H groups in total. The van der Waals surface area contributed by atoms with Crippen molar-refractivity contribution in [3.8, 4) is 5.75 Å². The first-order valence-corrected chi connectivity index (χ1v) is 5.36. The number of hydrogen-bond donors (Lipinski definition) is 3. The number of phenols is 1. The maximum atomic E-state index is 9.71. The zero-order valence-corrected chi connectivity index (χ0v) is 10.6. The van der Waals surface area contributed by atoms with Gasteiger partial charge in [-0.3, -0.25) is 0 Å². The first-order valence-electron chi connectivity index (χ1n) is 4.98. The lowest BCUT2D eigenvalue weighted by atomic mass is 9.98. The summed E-state index contributed by atoms with van der Waals surface area (Å²) in [6.07, 6.45) is 0.794. The van der Waals surface area contributed by atoms with Crippen molar-refractivity contribution in [2.45, 2.75) is 31.9 Å². The third-order valence-electron chi connectivity index (χ3n) is 2.35. The van der Waals surface area contributed by atoms with Gasteiger partial charge in [0.1, 0.15) is 5.75 Å². The smallest absolute Gasteiger partial charge is 0.120 e. The average molecular weight is 266 g/mol. The van der Waals surface area contributed by atoms with Crippen molar-refractivity contribution < 1.29 is 10.2 Å². The van der Waals surface area contributed by atoms with Gasteiger partial charge in [0.2, 0.25) is 0 Å². The quantitative estimate of drug-likeness (QED) is 0.784. The molecular formula is C11H17Cl2NO2. The third kappa shape index (κ3) is 3.83. The van der Waals surface area contributed by atoms with Crippen LogP contribution in [-0.4, -0.2) is 16.3 Å². The minimum Gasteiger partial charge on any atom is -0.508 e. The van der Waals surface area contributed by atoms with Gasteiger partial charge in [-0.2, -0.15) is 0 Å². The number of benzene rings is 1. The molecule has 0 aliphatic rings. The molecule has 0 aliphatic carbocycles. The summed E-state index contributed by atoms with van der Waals surface area (Å²) in [4.78, 5) is 0. The van der Waals surface area contributed by atoms with Gasteiger partial charge in [-0.05, 0) is 24.6 Å². The highest BCUT2D eigenvalue weighted by atomic mass is 35.5. The number of aliphatic hydroxyl groups is 1. The van der Waals surface area contributed by atoms with Gasteiger partial charge in [0.15, 0.2) is 0 Å². The van der Waals surface area contributed by atoms with E-state index in [0.29, 0.717) is 17.0 Å². The van der Waals surface area contributed by atoms with Crippen LogP contribution in [0, 0.1) is 0 Å². The van der Waals surface area contributed by atoms with Crippen molar-refractivity contribution in [1.29, 1.82) is 0 Å². The lowest BCUT2D eigenvalue weighted by Gasteiger charge is -2.19. The Morgan fingerprint density at radius 2 is 2.06 bits per heavy atom. The topological polar surface area (TPSA) is 66.5 Å². The second kappa shape index (κ2) is 6.97. The minimum absolute atomic E-state index is 0. The molecule has 0 saturated carbocycles. The summed E-state index contributed by atoms with van der Waals surface area (Å²) in [7, 11) is 0. The highest BCUT2D eigenvalue weighted by Gasteiger charge is 2.19. The van der Waals surface area contributed by atoms with Crippen LogP contribution >= 0.6 is 24.0 Å². The van der Waals surface area contributed by atoms with Gasteiger partial charge in [-0.25, -0.2) is 0 Å². The number of aliphatic hydroxyl groups excluding tert-OH is 1. The molecule has 0 aliphatic heterocycles. The molecule has 0 bridgehead atoms. The van der Waals surface area contributed by atoms with Gasteiger partial charge in [0.25, 0.3) is 0 Å². The number of hydrogen-bond acceptors (Lipinski definition) is 3. The molecule has 0 radical (unpaired) electrons. The predicted molar refractivity (Wildman–Crippen MR) is 68.2 cm³/mol. The fraction of sp³-hybridized carbons (Fsp3) is 0.455. The van der Waals surface area contributed by atoms with E-state index < -0.39 is 12.1 Å². The molecule has 16 heavy (non-hydrogen) atoms. The number of phenolic OH excluding ortho intramolecular Hbond substituents is 1. The standard InChI is InChI=1S/C11H16ClNO2.ClH/c1-2-3-10(15)11(13)8-6-7(12)4-5-9(8)14;/h4-6,10-11,14-15H,2-3,13H2,1H3;1H/t10-,11+;/m0./s1. The summed E-state index contributed by atoms with van der Waals surface area (Å²) >= 11 is 5.79. The van der Waals surface area contributed by atoms with Gasteiger partial charge in [0, 0.05) is 10.6 Å². The van der Waals surface area contributed by atoms with Gasteiger partial charge >= 0.3 is 0 Å². The Kier molecular flexibility index (Phi) is 6.76. The van der Waals surface area contributed by atoms with Crippen LogP contribution in [0.25, 0.3) is 0 Å². The molecule has 0 amide bonds. The Balaban J connectivity index is 0.00000225. The van der Waals surface area contributed by atoms with Gasteiger partial charge in [0.05, 0.1) is 12.1 Å². The molecule has 1 rings (SSSR count). The van der Waals surface area contributed by atoms with Crippen molar-refractivity contribution in [3.05, 3.63) is 28.8 Å². The SMILES string of the molecule is CCC[C@H](O)[C@H](N)c1cc(Cl)ccc1O.Cl. The second-order valence-corrected chi connectivity index (χ2v) is 4.02. The molecule has 0 heterocycles. The van der Waals surface area contributed by atoms with Crippen LogP contribution in [0.2, 0.25) is 5.02 Å². The Labute approximate surface area is 107 Å². The van der Waals surface area contributed by atoms with Crippen molar-refractivity contribution >= 4 is 24.0 Å². The summed E-state index contributed by atoms with van der Waals surface area (Å²) < 4.78 is 0. The highest BCUT2D eigenvalue weighted by molar-refractivity contribution is 6.30. The summed E-state index contributed by atoms with van der Waals surface area (Å²) in [5, 5.41) is 19.8. The van der Waals surface area contributed by atoms with E-state index in [1.807, 2.05) is 6.92 Å². The third-order valence-corrected chi connectivity index (χ3v) is 2.58. The number of halogens is 2.